The maximum absolute atomic E-state index is 13.4. The van der Waals surface area contributed by atoms with Gasteiger partial charge in [0.1, 0.15) is 11.6 Å². The first-order valence-corrected chi connectivity index (χ1v) is 8.63. The summed E-state index contributed by atoms with van der Waals surface area (Å²) >= 11 is 0. The zero-order chi connectivity index (χ0) is 17.8. The fraction of sp³-hybridized carbons (Fsp3) is 0.182. The smallest absolute Gasteiger partial charge is 0.154 e. The van der Waals surface area contributed by atoms with Crippen LogP contribution in [0.25, 0.3) is 0 Å². The van der Waals surface area contributed by atoms with Gasteiger partial charge in [-0.3, -0.25) is 0 Å². The van der Waals surface area contributed by atoms with Gasteiger partial charge in [0.25, 0.3) is 0 Å². The molecule has 2 bridgehead atoms. The molecule has 0 aromatic heterocycles. The molecule has 3 aromatic carbocycles. The van der Waals surface area contributed by atoms with Crippen molar-refractivity contribution in [2.24, 2.45) is 0 Å². The highest BCUT2D eigenvalue weighted by Gasteiger charge is 2.57. The Hall–Kier alpha value is -2.56. The van der Waals surface area contributed by atoms with Crippen molar-refractivity contribution in [3.05, 3.63) is 107 Å². The van der Waals surface area contributed by atoms with E-state index in [1.54, 1.807) is 24.3 Å². The molecule has 2 unspecified atom stereocenters. The molecular formula is C22H16F2O2. The van der Waals surface area contributed by atoms with Gasteiger partial charge in [0.05, 0.1) is 0 Å². The molecule has 0 radical (unpaired) electrons. The number of benzene rings is 3. The predicted molar refractivity (Wildman–Crippen MR) is 92.2 cm³/mol. The van der Waals surface area contributed by atoms with Crippen molar-refractivity contribution in [2.75, 3.05) is 0 Å². The van der Waals surface area contributed by atoms with Gasteiger partial charge in [-0.2, -0.15) is 0 Å². The van der Waals surface area contributed by atoms with Crippen LogP contribution in [-0.4, -0.2) is 0 Å². The minimum Gasteiger partial charge on any atom is -0.219 e. The lowest BCUT2D eigenvalue weighted by Crippen LogP contribution is -2.51. The van der Waals surface area contributed by atoms with E-state index in [2.05, 4.69) is 0 Å². The monoisotopic (exact) mass is 350 g/mol. The number of hydrogen-bond donors (Lipinski definition) is 0. The first kappa shape index (κ1) is 15.7. The lowest BCUT2D eigenvalue weighted by atomic mass is 9.66. The van der Waals surface area contributed by atoms with Gasteiger partial charge in [-0.25, -0.2) is 18.6 Å². The number of fused-ring (bicyclic) bond motifs is 2. The van der Waals surface area contributed by atoms with Crippen LogP contribution >= 0.6 is 0 Å². The molecule has 0 N–H and O–H groups in total. The average molecular weight is 350 g/mol. The lowest BCUT2D eigenvalue weighted by molar-refractivity contribution is -0.443. The molecule has 2 nitrogen and oxygen atoms in total. The molecular weight excluding hydrogens is 334 g/mol. The van der Waals surface area contributed by atoms with E-state index >= 15 is 0 Å². The Labute approximate surface area is 149 Å². The van der Waals surface area contributed by atoms with Crippen LogP contribution in [0.1, 0.15) is 35.1 Å². The van der Waals surface area contributed by atoms with Gasteiger partial charge in [-0.05, 0) is 59.4 Å². The van der Waals surface area contributed by atoms with Crippen LogP contribution in [0.15, 0.2) is 72.8 Å². The Balaban J connectivity index is 1.71. The molecule has 3 aliphatic rings. The summed E-state index contributed by atoms with van der Waals surface area (Å²) in [7, 11) is 0. The van der Waals surface area contributed by atoms with Gasteiger partial charge in [0.2, 0.25) is 0 Å². The van der Waals surface area contributed by atoms with Crippen molar-refractivity contribution >= 4 is 0 Å². The summed E-state index contributed by atoms with van der Waals surface area (Å²) in [5, 5.41) is 0. The van der Waals surface area contributed by atoms with Crippen molar-refractivity contribution in [3.63, 3.8) is 0 Å². The normalized spacial score (nSPS) is 26.5. The molecule has 2 heterocycles. The minimum atomic E-state index is -0.758. The molecule has 1 aliphatic carbocycles. The van der Waals surface area contributed by atoms with Crippen molar-refractivity contribution in [1.29, 1.82) is 0 Å². The lowest BCUT2D eigenvalue weighted by Gasteiger charge is -2.52. The van der Waals surface area contributed by atoms with E-state index in [1.807, 2.05) is 24.3 Å². The second kappa shape index (κ2) is 5.47. The zero-order valence-electron chi connectivity index (χ0n) is 13.9. The Morgan fingerprint density at radius 1 is 0.577 bits per heavy atom. The molecule has 130 valence electrons. The minimum absolute atomic E-state index is 0.286. The van der Waals surface area contributed by atoms with Crippen LogP contribution in [-0.2, 0) is 21.0 Å². The number of rotatable bonds is 2. The van der Waals surface area contributed by atoms with Crippen LogP contribution in [0.3, 0.4) is 0 Å². The molecule has 6 rings (SSSR count). The van der Waals surface area contributed by atoms with E-state index in [9.17, 15) is 8.78 Å². The molecule has 0 amide bonds. The second-order valence-electron chi connectivity index (χ2n) is 6.88. The summed E-state index contributed by atoms with van der Waals surface area (Å²) in [6.07, 6.45) is 1.38. The molecule has 1 saturated heterocycles. The van der Waals surface area contributed by atoms with Crippen LogP contribution in [0.5, 0.6) is 0 Å². The summed E-state index contributed by atoms with van der Waals surface area (Å²) < 4.78 is 26.8. The van der Waals surface area contributed by atoms with Crippen LogP contribution in [0.2, 0.25) is 0 Å². The fourth-order valence-electron chi connectivity index (χ4n) is 4.26. The molecule has 2 atom stereocenters. The third-order valence-corrected chi connectivity index (χ3v) is 5.57. The molecule has 2 aliphatic heterocycles. The van der Waals surface area contributed by atoms with E-state index in [0.29, 0.717) is 12.8 Å². The van der Waals surface area contributed by atoms with E-state index in [0.717, 1.165) is 22.3 Å². The quantitative estimate of drug-likeness (QED) is 0.591. The Morgan fingerprint density at radius 2 is 0.962 bits per heavy atom. The van der Waals surface area contributed by atoms with Crippen LogP contribution in [0, 0.1) is 11.6 Å². The summed E-state index contributed by atoms with van der Waals surface area (Å²) in [6, 6.07) is 20.7. The van der Waals surface area contributed by atoms with Gasteiger partial charge in [-0.1, -0.05) is 48.5 Å². The SMILES string of the molecule is Fc1ccc(C23CCC(c4ccc(F)cc4)(OO2)c2ccccc23)cc1. The van der Waals surface area contributed by atoms with Crippen LogP contribution in [0.4, 0.5) is 8.78 Å². The van der Waals surface area contributed by atoms with Gasteiger partial charge in [0, 0.05) is 0 Å². The van der Waals surface area contributed by atoms with Gasteiger partial charge in [-0.15, -0.1) is 0 Å². The molecule has 0 saturated carbocycles. The second-order valence-corrected chi connectivity index (χ2v) is 6.88. The van der Waals surface area contributed by atoms with Gasteiger partial charge < -0.3 is 0 Å². The van der Waals surface area contributed by atoms with Crippen LogP contribution < -0.4 is 0 Å². The largest absolute Gasteiger partial charge is 0.219 e. The summed E-state index contributed by atoms with van der Waals surface area (Å²) in [5.74, 6) is -0.571. The topological polar surface area (TPSA) is 18.5 Å². The van der Waals surface area contributed by atoms with E-state index in [1.165, 1.54) is 24.3 Å². The van der Waals surface area contributed by atoms with E-state index in [4.69, 9.17) is 9.78 Å². The van der Waals surface area contributed by atoms with Crippen molar-refractivity contribution < 1.29 is 18.6 Å². The highest BCUT2D eigenvalue weighted by molar-refractivity contribution is 5.51. The molecule has 1 fully saturated rings. The third-order valence-electron chi connectivity index (χ3n) is 5.57. The average Bonchev–Trinajstić information content (AvgIpc) is 2.70. The standard InChI is InChI=1S/C22H16F2O2/c23-17-9-5-15(6-10-17)21-13-14-22(26-25-21,16-7-11-18(24)12-8-16)20-4-2-1-3-19(20)21/h1-12H,13-14H2. The fourth-order valence-corrected chi connectivity index (χ4v) is 4.26. The molecule has 26 heavy (non-hydrogen) atoms. The zero-order valence-corrected chi connectivity index (χ0v) is 13.9. The first-order valence-electron chi connectivity index (χ1n) is 8.63. The van der Waals surface area contributed by atoms with Gasteiger partial charge >= 0.3 is 0 Å². The highest BCUT2D eigenvalue weighted by atomic mass is 19.1. The first-order chi connectivity index (χ1) is 12.6. The van der Waals surface area contributed by atoms with Crippen molar-refractivity contribution in [2.45, 2.75) is 24.0 Å². The van der Waals surface area contributed by atoms with Gasteiger partial charge in [0.15, 0.2) is 11.2 Å². The summed E-state index contributed by atoms with van der Waals surface area (Å²) in [5.41, 5.74) is 2.22. The predicted octanol–water partition coefficient (Wildman–Crippen LogP) is 5.21. The number of hydrogen-bond acceptors (Lipinski definition) is 2. The van der Waals surface area contributed by atoms with Crippen molar-refractivity contribution in [1.82, 2.24) is 0 Å². The summed E-state index contributed by atoms with van der Waals surface area (Å²) in [6.45, 7) is 0. The maximum atomic E-state index is 13.4. The molecule has 4 heteroatoms. The number of halogens is 2. The third kappa shape index (κ3) is 2.03. The van der Waals surface area contributed by atoms with E-state index in [-0.39, 0.29) is 11.6 Å². The Bertz CT molecular complexity index is 876. The molecule has 0 spiro atoms. The van der Waals surface area contributed by atoms with Crippen molar-refractivity contribution in [3.8, 4) is 0 Å². The molecule has 3 aromatic rings. The maximum Gasteiger partial charge on any atom is 0.154 e. The Morgan fingerprint density at radius 3 is 1.31 bits per heavy atom. The summed E-state index contributed by atoms with van der Waals surface area (Å²) in [4.78, 5) is 12.0. The highest BCUT2D eigenvalue weighted by Crippen LogP contribution is 2.58. The van der Waals surface area contributed by atoms with E-state index < -0.39 is 11.2 Å². The Kier molecular flexibility index (Phi) is 3.30.